The molecule has 0 aliphatic carbocycles. The summed E-state index contributed by atoms with van der Waals surface area (Å²) in [5, 5.41) is 4.08. The number of rotatable bonds is 2. The van der Waals surface area contributed by atoms with E-state index in [2.05, 4.69) is 20.3 Å². The van der Waals surface area contributed by atoms with Gasteiger partial charge < -0.3 is 10.3 Å². The van der Waals surface area contributed by atoms with Gasteiger partial charge in [0.1, 0.15) is 5.02 Å². The minimum Gasteiger partial charge on any atom is -0.337 e. The molecule has 3 rings (SSSR count). The fourth-order valence-electron chi connectivity index (χ4n) is 1.94. The van der Waals surface area contributed by atoms with Gasteiger partial charge in [-0.15, -0.1) is 0 Å². The lowest BCUT2D eigenvalue weighted by Crippen LogP contribution is -2.09. The second kappa shape index (κ2) is 4.94. The number of fused-ring (bicyclic) bond motifs is 1. The first-order chi connectivity index (χ1) is 9.65. The lowest BCUT2D eigenvalue weighted by Gasteiger charge is -2.09. The van der Waals surface area contributed by atoms with Gasteiger partial charge in [-0.2, -0.15) is 0 Å². The second-order valence-electron chi connectivity index (χ2n) is 4.35. The van der Waals surface area contributed by atoms with Crippen LogP contribution in [0.4, 0.5) is 11.5 Å². The highest BCUT2D eigenvalue weighted by atomic mass is 35.5. The van der Waals surface area contributed by atoms with Crippen molar-refractivity contribution in [1.29, 1.82) is 0 Å². The van der Waals surface area contributed by atoms with Crippen LogP contribution in [0.15, 0.2) is 41.5 Å². The summed E-state index contributed by atoms with van der Waals surface area (Å²) in [5.74, 6) is 0.311. The highest BCUT2D eigenvalue weighted by Gasteiger charge is 2.08. The zero-order valence-corrected chi connectivity index (χ0v) is 11.4. The van der Waals surface area contributed by atoms with E-state index in [-0.39, 0.29) is 10.6 Å². The van der Waals surface area contributed by atoms with Gasteiger partial charge in [0.15, 0.2) is 5.82 Å². The Kier molecular flexibility index (Phi) is 3.12. The molecule has 0 saturated heterocycles. The molecule has 20 heavy (non-hydrogen) atoms. The first-order valence-electron chi connectivity index (χ1n) is 6.02. The van der Waals surface area contributed by atoms with E-state index in [1.807, 2.05) is 37.3 Å². The monoisotopic (exact) mass is 286 g/mol. The number of nitrogens with zero attached hydrogens (tertiary/aromatic N) is 2. The molecule has 0 aliphatic heterocycles. The molecule has 0 bridgehead atoms. The van der Waals surface area contributed by atoms with Crippen molar-refractivity contribution in [2.75, 3.05) is 5.32 Å². The topological polar surface area (TPSA) is 70.7 Å². The molecule has 5 nitrogen and oxygen atoms in total. The first kappa shape index (κ1) is 12.6. The zero-order valence-electron chi connectivity index (χ0n) is 10.6. The second-order valence-corrected chi connectivity index (χ2v) is 4.73. The van der Waals surface area contributed by atoms with Crippen molar-refractivity contribution in [3.63, 3.8) is 0 Å². The third-order valence-corrected chi connectivity index (χ3v) is 3.26. The van der Waals surface area contributed by atoms with Crippen LogP contribution in [0.1, 0.15) is 5.69 Å². The maximum atomic E-state index is 11.5. The number of aromatic amines is 1. The molecule has 0 atom stereocenters. The van der Waals surface area contributed by atoms with Gasteiger partial charge >= 0.3 is 0 Å². The van der Waals surface area contributed by atoms with Crippen LogP contribution in [0.2, 0.25) is 5.02 Å². The first-order valence-corrected chi connectivity index (χ1v) is 6.39. The fraction of sp³-hybridized carbons (Fsp3) is 0.0714. The van der Waals surface area contributed by atoms with E-state index in [4.69, 9.17) is 11.6 Å². The number of nitrogens with one attached hydrogen (secondary N) is 2. The number of hydrogen-bond acceptors (Lipinski definition) is 4. The van der Waals surface area contributed by atoms with E-state index >= 15 is 0 Å². The third kappa shape index (κ3) is 2.23. The van der Waals surface area contributed by atoms with Crippen molar-refractivity contribution in [3.05, 3.63) is 57.7 Å². The molecule has 0 saturated carbocycles. The van der Waals surface area contributed by atoms with Crippen LogP contribution in [0.25, 0.3) is 10.9 Å². The van der Waals surface area contributed by atoms with Crippen molar-refractivity contribution in [2.24, 2.45) is 0 Å². The normalized spacial score (nSPS) is 10.7. The number of aryl methyl sites for hydroxylation is 1. The molecular weight excluding hydrogens is 276 g/mol. The predicted molar refractivity (Wildman–Crippen MR) is 79.6 cm³/mol. The Morgan fingerprint density at radius 3 is 2.95 bits per heavy atom. The van der Waals surface area contributed by atoms with Crippen LogP contribution in [-0.2, 0) is 0 Å². The highest BCUT2D eigenvalue weighted by molar-refractivity contribution is 6.32. The van der Waals surface area contributed by atoms with Gasteiger partial charge in [-0.1, -0.05) is 29.8 Å². The average Bonchev–Trinajstić information content (AvgIpc) is 2.44. The molecule has 0 spiro atoms. The van der Waals surface area contributed by atoms with Gasteiger partial charge in [-0.25, -0.2) is 4.98 Å². The number of halogens is 1. The standard InChI is InChI=1S/C14H11ClN4O/c1-8-5-6-9-3-2-4-10(12(9)18-8)19-13-11(15)14(20)17-7-16-13/h2-7H,1H3,(H2,16,17,19,20). The van der Waals surface area contributed by atoms with E-state index in [9.17, 15) is 4.79 Å². The highest BCUT2D eigenvalue weighted by Crippen LogP contribution is 2.26. The van der Waals surface area contributed by atoms with Crippen LogP contribution in [0.3, 0.4) is 0 Å². The molecule has 6 heteroatoms. The molecule has 0 amide bonds. The van der Waals surface area contributed by atoms with Gasteiger partial charge in [-0.05, 0) is 19.1 Å². The molecular formula is C14H11ClN4O. The van der Waals surface area contributed by atoms with Crippen LogP contribution >= 0.6 is 11.6 Å². The van der Waals surface area contributed by atoms with Gasteiger partial charge in [-0.3, -0.25) is 9.78 Å². The number of hydrogen-bond donors (Lipinski definition) is 2. The summed E-state index contributed by atoms with van der Waals surface area (Å²) < 4.78 is 0. The SMILES string of the molecule is Cc1ccc2cccc(Nc3nc[nH]c(=O)c3Cl)c2n1. The van der Waals surface area contributed by atoms with Crippen LogP contribution in [-0.4, -0.2) is 15.0 Å². The minimum absolute atomic E-state index is 0.0251. The molecule has 2 N–H and O–H groups in total. The van der Waals surface area contributed by atoms with Gasteiger partial charge in [0, 0.05) is 11.1 Å². The molecule has 0 fully saturated rings. The van der Waals surface area contributed by atoms with Crippen LogP contribution in [0.5, 0.6) is 0 Å². The van der Waals surface area contributed by atoms with Gasteiger partial charge in [0.25, 0.3) is 5.56 Å². The minimum atomic E-state index is -0.381. The van der Waals surface area contributed by atoms with Crippen LogP contribution < -0.4 is 10.9 Å². The van der Waals surface area contributed by atoms with E-state index in [0.29, 0.717) is 5.82 Å². The molecule has 100 valence electrons. The number of benzene rings is 1. The lowest BCUT2D eigenvalue weighted by atomic mass is 10.1. The summed E-state index contributed by atoms with van der Waals surface area (Å²) in [5.41, 5.74) is 2.10. The molecule has 3 aromatic rings. The zero-order chi connectivity index (χ0) is 14.1. The van der Waals surface area contributed by atoms with E-state index in [0.717, 1.165) is 22.3 Å². The maximum Gasteiger partial charge on any atom is 0.271 e. The van der Waals surface area contributed by atoms with Crippen molar-refractivity contribution >= 4 is 34.0 Å². The number of pyridine rings is 1. The number of aromatic nitrogens is 3. The quantitative estimate of drug-likeness (QED) is 0.760. The molecule has 1 aromatic carbocycles. The Balaban J connectivity index is 2.13. The van der Waals surface area contributed by atoms with E-state index in [1.54, 1.807) is 0 Å². The molecule has 2 heterocycles. The van der Waals surface area contributed by atoms with Crippen molar-refractivity contribution in [1.82, 2.24) is 15.0 Å². The summed E-state index contributed by atoms with van der Waals surface area (Å²) in [7, 11) is 0. The largest absolute Gasteiger partial charge is 0.337 e. The molecule has 0 aliphatic rings. The molecule has 2 aromatic heterocycles. The van der Waals surface area contributed by atoms with Crippen molar-refractivity contribution < 1.29 is 0 Å². The summed E-state index contributed by atoms with van der Waals surface area (Å²) in [4.78, 5) is 22.4. The Morgan fingerprint density at radius 2 is 2.10 bits per heavy atom. The van der Waals surface area contributed by atoms with E-state index < -0.39 is 0 Å². The van der Waals surface area contributed by atoms with Gasteiger partial charge in [0.2, 0.25) is 0 Å². The Hall–Kier alpha value is -2.40. The van der Waals surface area contributed by atoms with Crippen LogP contribution in [0, 0.1) is 6.92 Å². The predicted octanol–water partition coefficient (Wildman–Crippen LogP) is 3.02. The smallest absolute Gasteiger partial charge is 0.271 e. The molecule has 0 radical (unpaired) electrons. The van der Waals surface area contributed by atoms with Gasteiger partial charge in [0.05, 0.1) is 17.5 Å². The Morgan fingerprint density at radius 1 is 1.25 bits per heavy atom. The summed E-state index contributed by atoms with van der Waals surface area (Å²) in [6.45, 7) is 1.93. The third-order valence-electron chi connectivity index (χ3n) is 2.91. The number of H-pyrrole nitrogens is 1. The van der Waals surface area contributed by atoms with E-state index in [1.165, 1.54) is 6.33 Å². The maximum absolute atomic E-state index is 11.5. The van der Waals surface area contributed by atoms with Crippen molar-refractivity contribution in [3.8, 4) is 0 Å². The Labute approximate surface area is 119 Å². The Bertz CT molecular complexity index is 844. The molecule has 0 unspecified atom stereocenters. The fourth-order valence-corrected chi connectivity index (χ4v) is 2.09. The van der Waals surface area contributed by atoms with Crippen molar-refractivity contribution in [2.45, 2.75) is 6.92 Å². The lowest BCUT2D eigenvalue weighted by molar-refractivity contribution is 1.12. The number of anilines is 2. The average molecular weight is 287 g/mol. The summed E-state index contributed by atoms with van der Waals surface area (Å²) in [6, 6.07) is 9.69. The number of para-hydroxylation sites is 1. The summed E-state index contributed by atoms with van der Waals surface area (Å²) >= 11 is 5.94. The summed E-state index contributed by atoms with van der Waals surface area (Å²) in [6.07, 6.45) is 1.31.